The third-order valence-corrected chi connectivity index (χ3v) is 4.74. The molecular weight excluding hydrogens is 364 g/mol. The standard InChI is InChI=1S/C24H26N2O3/c1-24(2,3)18-13-11-17(12-14-18)16-26(4)23(28)19-8-5-6-9-20(19)25-22(27)21-10-7-15-29-21/h5-15H,16H2,1-4H3,(H,25,27). The summed E-state index contributed by atoms with van der Waals surface area (Å²) < 4.78 is 5.12. The van der Waals surface area contributed by atoms with Gasteiger partial charge in [0.15, 0.2) is 5.76 Å². The summed E-state index contributed by atoms with van der Waals surface area (Å²) >= 11 is 0. The molecule has 0 saturated heterocycles. The molecule has 3 rings (SSSR count). The Hall–Kier alpha value is -3.34. The van der Waals surface area contributed by atoms with Gasteiger partial charge in [-0.3, -0.25) is 9.59 Å². The highest BCUT2D eigenvalue weighted by Gasteiger charge is 2.19. The molecule has 0 aliphatic carbocycles. The fourth-order valence-electron chi connectivity index (χ4n) is 3.03. The van der Waals surface area contributed by atoms with Crippen LogP contribution in [0.2, 0.25) is 0 Å². The Morgan fingerprint density at radius 1 is 0.966 bits per heavy atom. The number of hydrogen-bond acceptors (Lipinski definition) is 3. The van der Waals surface area contributed by atoms with E-state index in [4.69, 9.17) is 4.42 Å². The number of amides is 2. The summed E-state index contributed by atoms with van der Waals surface area (Å²) in [5, 5.41) is 2.76. The van der Waals surface area contributed by atoms with Crippen LogP contribution in [0.3, 0.4) is 0 Å². The molecule has 0 bridgehead atoms. The number of rotatable bonds is 5. The van der Waals surface area contributed by atoms with Gasteiger partial charge in [-0.15, -0.1) is 0 Å². The Morgan fingerprint density at radius 2 is 1.66 bits per heavy atom. The monoisotopic (exact) mass is 390 g/mol. The van der Waals surface area contributed by atoms with Crippen molar-refractivity contribution in [3.63, 3.8) is 0 Å². The van der Waals surface area contributed by atoms with Gasteiger partial charge in [0, 0.05) is 13.6 Å². The van der Waals surface area contributed by atoms with Crippen LogP contribution in [-0.4, -0.2) is 23.8 Å². The fraction of sp³-hybridized carbons (Fsp3) is 0.250. The van der Waals surface area contributed by atoms with Gasteiger partial charge in [-0.05, 0) is 40.8 Å². The second-order valence-corrected chi connectivity index (χ2v) is 8.09. The number of para-hydroxylation sites is 1. The summed E-state index contributed by atoms with van der Waals surface area (Å²) in [6.45, 7) is 6.99. The molecular formula is C24H26N2O3. The van der Waals surface area contributed by atoms with E-state index >= 15 is 0 Å². The highest BCUT2D eigenvalue weighted by Crippen LogP contribution is 2.23. The average Bonchev–Trinajstić information content (AvgIpc) is 3.22. The molecule has 0 saturated carbocycles. The maximum Gasteiger partial charge on any atom is 0.291 e. The van der Waals surface area contributed by atoms with Gasteiger partial charge in [-0.1, -0.05) is 57.2 Å². The first kappa shape index (κ1) is 20.4. The summed E-state index contributed by atoms with van der Waals surface area (Å²) in [6, 6.07) is 18.5. The predicted octanol–water partition coefficient (Wildman–Crippen LogP) is 5.10. The van der Waals surface area contributed by atoms with Crippen molar-refractivity contribution < 1.29 is 14.0 Å². The summed E-state index contributed by atoms with van der Waals surface area (Å²) in [7, 11) is 1.76. The molecule has 1 aromatic heterocycles. The largest absolute Gasteiger partial charge is 0.459 e. The molecule has 1 heterocycles. The summed E-state index contributed by atoms with van der Waals surface area (Å²) in [4.78, 5) is 27.0. The summed E-state index contributed by atoms with van der Waals surface area (Å²) in [5.74, 6) is -0.365. The summed E-state index contributed by atoms with van der Waals surface area (Å²) in [5.41, 5.74) is 3.27. The average molecular weight is 390 g/mol. The minimum atomic E-state index is -0.393. The first-order valence-corrected chi connectivity index (χ1v) is 9.54. The van der Waals surface area contributed by atoms with Crippen molar-refractivity contribution in [1.29, 1.82) is 0 Å². The smallest absolute Gasteiger partial charge is 0.291 e. The van der Waals surface area contributed by atoms with E-state index in [9.17, 15) is 9.59 Å². The minimum Gasteiger partial charge on any atom is -0.459 e. The highest BCUT2D eigenvalue weighted by atomic mass is 16.3. The number of anilines is 1. The van der Waals surface area contributed by atoms with E-state index in [0.717, 1.165) is 5.56 Å². The lowest BCUT2D eigenvalue weighted by Crippen LogP contribution is -2.27. The number of carbonyl (C=O) groups excluding carboxylic acids is 2. The van der Waals surface area contributed by atoms with E-state index in [-0.39, 0.29) is 17.1 Å². The summed E-state index contributed by atoms with van der Waals surface area (Å²) in [6.07, 6.45) is 1.44. The third-order valence-electron chi connectivity index (χ3n) is 4.74. The first-order valence-electron chi connectivity index (χ1n) is 9.54. The first-order chi connectivity index (χ1) is 13.8. The molecule has 0 fully saturated rings. The minimum absolute atomic E-state index is 0.0887. The molecule has 0 atom stereocenters. The number of furan rings is 1. The third kappa shape index (κ3) is 4.93. The number of hydrogen-bond donors (Lipinski definition) is 1. The maximum atomic E-state index is 13.0. The SMILES string of the molecule is CN(Cc1ccc(C(C)(C)C)cc1)C(=O)c1ccccc1NC(=O)c1ccco1. The van der Waals surface area contributed by atoms with Crippen molar-refractivity contribution in [3.05, 3.63) is 89.4 Å². The van der Waals surface area contributed by atoms with Crippen molar-refractivity contribution in [2.45, 2.75) is 32.7 Å². The predicted molar refractivity (Wildman–Crippen MR) is 114 cm³/mol. The van der Waals surface area contributed by atoms with Gasteiger partial charge in [0.25, 0.3) is 11.8 Å². The zero-order valence-electron chi connectivity index (χ0n) is 17.2. The molecule has 3 aromatic rings. The van der Waals surface area contributed by atoms with Crippen molar-refractivity contribution in [2.75, 3.05) is 12.4 Å². The van der Waals surface area contributed by atoms with Crippen LogP contribution in [0.25, 0.3) is 0 Å². The number of carbonyl (C=O) groups is 2. The number of nitrogens with one attached hydrogen (secondary N) is 1. The zero-order chi connectivity index (χ0) is 21.0. The fourth-order valence-corrected chi connectivity index (χ4v) is 3.03. The second kappa shape index (κ2) is 8.35. The Kier molecular flexibility index (Phi) is 5.87. The van der Waals surface area contributed by atoms with Crippen molar-refractivity contribution in [3.8, 4) is 0 Å². The van der Waals surface area contributed by atoms with Gasteiger partial charge in [-0.2, -0.15) is 0 Å². The van der Waals surface area contributed by atoms with Crippen LogP contribution < -0.4 is 5.32 Å². The van der Waals surface area contributed by atoms with Crippen LogP contribution in [0.5, 0.6) is 0 Å². The van der Waals surface area contributed by atoms with Crippen LogP contribution in [0.1, 0.15) is 52.8 Å². The number of nitrogens with zero attached hydrogens (tertiary/aromatic N) is 1. The molecule has 5 heteroatoms. The highest BCUT2D eigenvalue weighted by molar-refractivity contribution is 6.07. The van der Waals surface area contributed by atoms with Crippen LogP contribution in [0.15, 0.2) is 71.3 Å². The lowest BCUT2D eigenvalue weighted by molar-refractivity contribution is 0.0786. The Balaban J connectivity index is 1.73. The van der Waals surface area contributed by atoms with E-state index in [1.165, 1.54) is 11.8 Å². The van der Waals surface area contributed by atoms with Crippen molar-refractivity contribution >= 4 is 17.5 Å². The molecule has 2 aromatic carbocycles. The number of benzene rings is 2. The van der Waals surface area contributed by atoms with E-state index in [2.05, 4.69) is 50.4 Å². The maximum absolute atomic E-state index is 13.0. The molecule has 0 spiro atoms. The molecule has 0 radical (unpaired) electrons. The Morgan fingerprint density at radius 3 is 2.28 bits per heavy atom. The molecule has 2 amide bonds. The normalized spacial score (nSPS) is 11.2. The Labute approximate surface area is 171 Å². The molecule has 29 heavy (non-hydrogen) atoms. The van der Waals surface area contributed by atoms with E-state index in [0.29, 0.717) is 17.8 Å². The van der Waals surface area contributed by atoms with Crippen LogP contribution in [-0.2, 0) is 12.0 Å². The Bertz CT molecular complexity index is 984. The van der Waals surface area contributed by atoms with Gasteiger partial charge in [-0.25, -0.2) is 0 Å². The molecule has 0 aliphatic rings. The van der Waals surface area contributed by atoms with E-state index in [1.54, 1.807) is 48.3 Å². The van der Waals surface area contributed by atoms with E-state index in [1.807, 2.05) is 0 Å². The van der Waals surface area contributed by atoms with Crippen molar-refractivity contribution in [2.24, 2.45) is 0 Å². The van der Waals surface area contributed by atoms with Gasteiger partial charge < -0.3 is 14.6 Å². The topological polar surface area (TPSA) is 62.6 Å². The van der Waals surface area contributed by atoms with Crippen LogP contribution in [0.4, 0.5) is 5.69 Å². The van der Waals surface area contributed by atoms with Gasteiger partial charge in [0.2, 0.25) is 0 Å². The zero-order valence-corrected chi connectivity index (χ0v) is 17.2. The molecule has 0 aliphatic heterocycles. The molecule has 0 unspecified atom stereocenters. The van der Waals surface area contributed by atoms with E-state index < -0.39 is 5.91 Å². The van der Waals surface area contributed by atoms with Gasteiger partial charge in [0.05, 0.1) is 17.5 Å². The lowest BCUT2D eigenvalue weighted by Gasteiger charge is -2.21. The van der Waals surface area contributed by atoms with Crippen molar-refractivity contribution in [1.82, 2.24) is 4.90 Å². The van der Waals surface area contributed by atoms with Gasteiger partial charge in [0.1, 0.15) is 0 Å². The molecule has 1 N–H and O–H groups in total. The second-order valence-electron chi connectivity index (χ2n) is 8.09. The molecule has 150 valence electrons. The molecule has 5 nitrogen and oxygen atoms in total. The van der Waals surface area contributed by atoms with Crippen LogP contribution >= 0.6 is 0 Å². The quantitative estimate of drug-likeness (QED) is 0.659. The lowest BCUT2D eigenvalue weighted by atomic mass is 9.87. The van der Waals surface area contributed by atoms with Crippen LogP contribution in [0, 0.1) is 0 Å². The van der Waals surface area contributed by atoms with Gasteiger partial charge >= 0.3 is 0 Å².